The number of hydrogen-bond donors (Lipinski definition) is 0. The summed E-state index contributed by atoms with van der Waals surface area (Å²) >= 11 is 5.99. The lowest BCUT2D eigenvalue weighted by Crippen LogP contribution is -2.15. The Bertz CT molecular complexity index is 437. The smallest absolute Gasteiger partial charge is 0.195 e. The van der Waals surface area contributed by atoms with Crippen LogP contribution in [-0.4, -0.2) is 13.1 Å². The Hall–Kier alpha value is -0.540. The van der Waals surface area contributed by atoms with Crippen LogP contribution in [0.25, 0.3) is 0 Å². The Morgan fingerprint density at radius 2 is 1.76 bits per heavy atom. The Morgan fingerprint density at radius 1 is 1.18 bits per heavy atom. The highest BCUT2D eigenvalue weighted by molar-refractivity contribution is 7.93. The van der Waals surface area contributed by atoms with Crippen LogP contribution in [0.2, 0.25) is 0 Å². The van der Waals surface area contributed by atoms with Crippen LogP contribution >= 0.6 is 11.6 Å². The first-order valence-corrected chi connectivity index (χ1v) is 7.91. The molecule has 0 N–H and O–H groups in total. The Labute approximate surface area is 109 Å². The molecule has 96 valence electrons. The molecular weight excluding hydrogens is 256 g/mol. The van der Waals surface area contributed by atoms with Crippen molar-refractivity contribution in [2.24, 2.45) is 0 Å². The maximum Gasteiger partial charge on any atom is 0.195 e. The fourth-order valence-corrected chi connectivity index (χ4v) is 3.34. The molecule has 0 bridgehead atoms. The lowest BCUT2D eigenvalue weighted by Gasteiger charge is -2.11. The Morgan fingerprint density at radius 3 is 2.29 bits per heavy atom. The summed E-state index contributed by atoms with van der Waals surface area (Å²) in [6, 6.07) is 6.84. The van der Waals surface area contributed by atoms with Crippen LogP contribution in [-0.2, 0) is 9.84 Å². The van der Waals surface area contributed by atoms with Crippen LogP contribution in [0.15, 0.2) is 29.2 Å². The first kappa shape index (κ1) is 14.5. The average Bonchev–Trinajstić information content (AvgIpc) is 2.29. The Balaban J connectivity index is 2.76. The van der Waals surface area contributed by atoms with Gasteiger partial charge in [-0.1, -0.05) is 43.9 Å². The van der Waals surface area contributed by atoms with Gasteiger partial charge in [-0.3, -0.25) is 0 Å². The van der Waals surface area contributed by atoms with Crippen LogP contribution in [0.3, 0.4) is 0 Å². The molecule has 1 atom stereocenters. The normalized spacial score (nSPS) is 13.6. The zero-order valence-electron chi connectivity index (χ0n) is 10.3. The minimum absolute atomic E-state index is 0.319. The summed E-state index contributed by atoms with van der Waals surface area (Å²) in [6.07, 6.45) is 3.46. The van der Waals surface area contributed by atoms with Crippen molar-refractivity contribution in [3.05, 3.63) is 29.8 Å². The van der Waals surface area contributed by atoms with Gasteiger partial charge in [0.15, 0.2) is 9.84 Å². The number of sulfone groups is 1. The molecule has 4 heteroatoms. The summed E-state index contributed by atoms with van der Waals surface area (Å²) in [5, 5.41) is 0. The van der Waals surface area contributed by atoms with E-state index >= 15 is 0 Å². The van der Waals surface area contributed by atoms with Crippen LogP contribution in [0.1, 0.15) is 38.2 Å². The average molecular weight is 275 g/mol. The van der Waals surface area contributed by atoms with Gasteiger partial charge in [0, 0.05) is 0 Å². The molecule has 1 aromatic carbocycles. The van der Waals surface area contributed by atoms with Gasteiger partial charge < -0.3 is 0 Å². The molecule has 0 amide bonds. The number of rotatable bonds is 6. The van der Waals surface area contributed by atoms with Crippen LogP contribution in [0.5, 0.6) is 0 Å². The van der Waals surface area contributed by atoms with Crippen LogP contribution in [0, 0.1) is 6.92 Å². The van der Waals surface area contributed by atoms with Gasteiger partial charge in [0.1, 0.15) is 4.71 Å². The Kier molecular flexibility index (Phi) is 5.47. The number of hydrogen-bond acceptors (Lipinski definition) is 2. The van der Waals surface area contributed by atoms with Crippen molar-refractivity contribution in [3.63, 3.8) is 0 Å². The number of halogens is 1. The van der Waals surface area contributed by atoms with E-state index in [-0.39, 0.29) is 0 Å². The lowest BCUT2D eigenvalue weighted by atomic mass is 10.2. The van der Waals surface area contributed by atoms with Gasteiger partial charge in [-0.25, -0.2) is 8.42 Å². The predicted molar refractivity (Wildman–Crippen MR) is 72.1 cm³/mol. The van der Waals surface area contributed by atoms with Gasteiger partial charge in [-0.05, 0) is 25.5 Å². The number of aryl methyl sites for hydroxylation is 1. The second-order valence-corrected chi connectivity index (χ2v) is 7.18. The van der Waals surface area contributed by atoms with E-state index in [9.17, 15) is 8.42 Å². The standard InChI is InChI=1S/C13H19ClO2S/c1-3-4-5-6-13(14)17(15,16)12-9-7-11(2)8-10-12/h7-10,13H,3-6H2,1-2H3. The summed E-state index contributed by atoms with van der Waals surface area (Å²) in [4.78, 5) is 0.319. The van der Waals surface area contributed by atoms with Crippen molar-refractivity contribution < 1.29 is 8.42 Å². The van der Waals surface area contributed by atoms with Gasteiger partial charge in [0.2, 0.25) is 0 Å². The molecule has 0 aliphatic heterocycles. The lowest BCUT2D eigenvalue weighted by molar-refractivity contribution is 0.583. The molecule has 1 aromatic rings. The van der Waals surface area contributed by atoms with Crippen LogP contribution < -0.4 is 0 Å². The SMILES string of the molecule is CCCCCC(Cl)S(=O)(=O)c1ccc(C)cc1. The molecule has 0 aliphatic rings. The van der Waals surface area contributed by atoms with Crippen molar-refractivity contribution in [1.29, 1.82) is 0 Å². The molecule has 0 saturated carbocycles. The van der Waals surface area contributed by atoms with Gasteiger partial charge in [0.05, 0.1) is 4.90 Å². The molecule has 0 radical (unpaired) electrons. The summed E-state index contributed by atoms with van der Waals surface area (Å²) < 4.78 is 23.4. The van der Waals surface area contributed by atoms with Crippen molar-refractivity contribution >= 4 is 21.4 Å². The number of unbranched alkanes of at least 4 members (excludes halogenated alkanes) is 2. The molecule has 0 aromatic heterocycles. The summed E-state index contributed by atoms with van der Waals surface area (Å²) in [5.41, 5.74) is 1.04. The maximum absolute atomic E-state index is 12.1. The molecule has 2 nitrogen and oxygen atoms in total. The van der Waals surface area contributed by atoms with Gasteiger partial charge in [-0.2, -0.15) is 0 Å². The number of alkyl halides is 1. The highest BCUT2D eigenvalue weighted by atomic mass is 35.5. The third-order valence-corrected chi connectivity index (χ3v) is 5.48. The summed E-state index contributed by atoms with van der Waals surface area (Å²) in [7, 11) is -3.37. The fourth-order valence-electron chi connectivity index (χ4n) is 1.59. The third kappa shape index (κ3) is 4.00. The van der Waals surface area contributed by atoms with Crippen molar-refractivity contribution in [2.45, 2.75) is 49.1 Å². The highest BCUT2D eigenvalue weighted by Crippen LogP contribution is 2.23. The van der Waals surface area contributed by atoms with E-state index in [1.54, 1.807) is 24.3 Å². The van der Waals surface area contributed by atoms with Gasteiger partial charge in [-0.15, -0.1) is 11.6 Å². The monoisotopic (exact) mass is 274 g/mol. The number of benzene rings is 1. The van der Waals surface area contributed by atoms with Crippen molar-refractivity contribution in [3.8, 4) is 0 Å². The molecule has 0 saturated heterocycles. The molecule has 1 unspecified atom stereocenters. The molecule has 17 heavy (non-hydrogen) atoms. The maximum atomic E-state index is 12.1. The van der Waals surface area contributed by atoms with E-state index in [2.05, 4.69) is 6.92 Å². The first-order valence-electron chi connectivity index (χ1n) is 5.93. The van der Waals surface area contributed by atoms with E-state index in [1.807, 2.05) is 6.92 Å². The fraction of sp³-hybridized carbons (Fsp3) is 0.538. The summed E-state index contributed by atoms with van der Waals surface area (Å²) in [6.45, 7) is 4.01. The highest BCUT2D eigenvalue weighted by Gasteiger charge is 2.24. The van der Waals surface area contributed by atoms with E-state index in [0.29, 0.717) is 11.3 Å². The second-order valence-electron chi connectivity index (χ2n) is 4.26. The largest absolute Gasteiger partial charge is 0.222 e. The van der Waals surface area contributed by atoms with E-state index in [0.717, 1.165) is 24.8 Å². The molecule has 0 heterocycles. The molecule has 0 aliphatic carbocycles. The van der Waals surface area contributed by atoms with E-state index in [4.69, 9.17) is 11.6 Å². The molecule has 0 spiro atoms. The van der Waals surface area contributed by atoms with Gasteiger partial charge in [0.25, 0.3) is 0 Å². The topological polar surface area (TPSA) is 34.1 Å². The molecular formula is C13H19ClO2S. The van der Waals surface area contributed by atoms with Crippen molar-refractivity contribution in [1.82, 2.24) is 0 Å². The first-order chi connectivity index (χ1) is 7.98. The molecule has 0 fully saturated rings. The minimum atomic E-state index is -3.37. The minimum Gasteiger partial charge on any atom is -0.222 e. The quantitative estimate of drug-likeness (QED) is 0.582. The second kappa shape index (κ2) is 6.41. The molecule has 1 rings (SSSR count). The van der Waals surface area contributed by atoms with Gasteiger partial charge >= 0.3 is 0 Å². The third-order valence-electron chi connectivity index (χ3n) is 2.72. The van der Waals surface area contributed by atoms with Crippen molar-refractivity contribution in [2.75, 3.05) is 0 Å². The van der Waals surface area contributed by atoms with Crippen LogP contribution in [0.4, 0.5) is 0 Å². The van der Waals surface area contributed by atoms with E-state index < -0.39 is 14.5 Å². The van der Waals surface area contributed by atoms with E-state index in [1.165, 1.54) is 0 Å². The zero-order valence-corrected chi connectivity index (χ0v) is 11.9. The predicted octanol–water partition coefficient (Wildman–Crippen LogP) is 3.91. The zero-order chi connectivity index (χ0) is 12.9. The summed E-state index contributed by atoms with van der Waals surface area (Å²) in [5.74, 6) is 0.